The van der Waals surface area contributed by atoms with Crippen LogP contribution in [0.25, 0.3) is 0 Å². The Bertz CT molecular complexity index is 763. The van der Waals surface area contributed by atoms with E-state index in [1.807, 2.05) is 49.2 Å². The summed E-state index contributed by atoms with van der Waals surface area (Å²) in [6.45, 7) is 4.20. The molecule has 1 atom stereocenters. The minimum Gasteiger partial charge on any atom is -0.272 e. The van der Waals surface area contributed by atoms with Gasteiger partial charge in [0.1, 0.15) is 6.54 Å². The highest BCUT2D eigenvalue weighted by atomic mass is 16.2. The lowest BCUT2D eigenvalue weighted by atomic mass is 10.0. The molecule has 1 aromatic heterocycles. The van der Waals surface area contributed by atoms with E-state index in [4.69, 9.17) is 6.42 Å². The van der Waals surface area contributed by atoms with Gasteiger partial charge in [-0.15, -0.1) is 6.42 Å². The number of carbonyl (C=O) groups excluding carboxylic acids is 1. The van der Waals surface area contributed by atoms with E-state index < -0.39 is 0 Å². The minimum absolute atomic E-state index is 0.0349. The molecule has 1 aromatic carbocycles. The molecule has 2 aromatic rings. The Balaban J connectivity index is 2.12. The number of rotatable bonds is 3. The number of hydrogen-bond acceptors (Lipinski definition) is 3. The molecule has 3 rings (SSSR count). The van der Waals surface area contributed by atoms with E-state index >= 15 is 0 Å². The first-order valence-corrected chi connectivity index (χ1v) is 7.19. The molecule has 0 radical (unpaired) electrons. The van der Waals surface area contributed by atoms with Gasteiger partial charge in [0.05, 0.1) is 17.3 Å². The molecule has 0 spiro atoms. The lowest BCUT2D eigenvalue weighted by Crippen LogP contribution is -2.46. The number of carbonyl (C=O) groups is 1. The Morgan fingerprint density at radius 3 is 2.86 bits per heavy atom. The second kappa shape index (κ2) is 5.53. The summed E-state index contributed by atoms with van der Waals surface area (Å²) in [7, 11) is 0. The van der Waals surface area contributed by atoms with Crippen molar-refractivity contribution in [2.75, 3.05) is 16.6 Å². The summed E-state index contributed by atoms with van der Waals surface area (Å²) in [6, 6.07) is 9.72. The number of terminal acetylenes is 1. The van der Waals surface area contributed by atoms with E-state index in [2.05, 4.69) is 10.9 Å². The number of pyridine rings is 1. The molecule has 110 valence electrons. The average Bonchev–Trinajstić information content (AvgIpc) is 2.78. The highest BCUT2D eigenvalue weighted by Gasteiger charge is 2.37. The maximum atomic E-state index is 12.8. The quantitative estimate of drug-likeness (QED) is 0.816. The van der Waals surface area contributed by atoms with Crippen LogP contribution in [0.3, 0.4) is 0 Å². The number of para-hydroxylation sites is 1. The molecular weight excluding hydrogens is 274 g/mol. The molecule has 0 fully saturated rings. The molecule has 0 N–H and O–H groups in total. The van der Waals surface area contributed by atoms with Gasteiger partial charge in [-0.05, 0) is 37.1 Å². The average molecular weight is 291 g/mol. The maximum Gasteiger partial charge on any atom is 0.253 e. The summed E-state index contributed by atoms with van der Waals surface area (Å²) in [5.41, 5.74) is 3.79. The molecule has 0 aliphatic carbocycles. The van der Waals surface area contributed by atoms with Gasteiger partial charge >= 0.3 is 0 Å². The van der Waals surface area contributed by atoms with Crippen LogP contribution >= 0.6 is 0 Å². The third kappa shape index (κ3) is 2.11. The maximum absolute atomic E-state index is 12.8. The summed E-state index contributed by atoms with van der Waals surface area (Å²) < 4.78 is 0. The number of amides is 1. The minimum atomic E-state index is -0.168. The van der Waals surface area contributed by atoms with Crippen LogP contribution in [0.4, 0.5) is 11.4 Å². The Morgan fingerprint density at radius 1 is 1.36 bits per heavy atom. The Kier molecular flexibility index (Phi) is 3.56. The van der Waals surface area contributed by atoms with Crippen molar-refractivity contribution < 1.29 is 4.79 Å². The van der Waals surface area contributed by atoms with E-state index in [-0.39, 0.29) is 11.8 Å². The van der Waals surface area contributed by atoms with Crippen molar-refractivity contribution in [1.29, 1.82) is 0 Å². The first-order valence-electron chi connectivity index (χ1n) is 7.19. The van der Waals surface area contributed by atoms with Gasteiger partial charge in [-0.1, -0.05) is 24.1 Å². The number of hydrazine groups is 1. The smallest absolute Gasteiger partial charge is 0.253 e. The number of nitrogens with zero attached hydrogens (tertiary/aromatic N) is 3. The Hall–Kier alpha value is -2.80. The zero-order valence-electron chi connectivity index (χ0n) is 12.7. The van der Waals surface area contributed by atoms with Crippen molar-refractivity contribution in [1.82, 2.24) is 4.98 Å². The number of aromatic nitrogens is 1. The van der Waals surface area contributed by atoms with Crippen molar-refractivity contribution in [2.45, 2.75) is 19.8 Å². The third-order valence-electron chi connectivity index (χ3n) is 3.96. The molecular formula is C18H17N3O. The van der Waals surface area contributed by atoms with Crippen LogP contribution in [-0.2, 0) is 4.79 Å². The van der Waals surface area contributed by atoms with Gasteiger partial charge in [0.15, 0.2) is 0 Å². The number of benzene rings is 1. The first-order chi connectivity index (χ1) is 10.6. The topological polar surface area (TPSA) is 36.4 Å². The van der Waals surface area contributed by atoms with Crippen LogP contribution in [0, 0.1) is 19.3 Å². The number of anilines is 2. The SMILES string of the molecule is C#CCN(c1ccncc1C)N1C(=O)C(C)c2ccccc21. The van der Waals surface area contributed by atoms with Gasteiger partial charge in [0.2, 0.25) is 0 Å². The normalized spacial score (nSPS) is 16.3. The molecule has 1 aliphatic rings. The fourth-order valence-corrected chi connectivity index (χ4v) is 2.84. The molecule has 1 aliphatic heterocycles. The van der Waals surface area contributed by atoms with Gasteiger partial charge in [-0.25, -0.2) is 5.01 Å². The first kappa shape index (κ1) is 14.2. The lowest BCUT2D eigenvalue weighted by molar-refractivity contribution is -0.119. The van der Waals surface area contributed by atoms with Crippen molar-refractivity contribution in [2.24, 2.45) is 0 Å². The lowest BCUT2D eigenvalue weighted by Gasteiger charge is -2.33. The summed E-state index contributed by atoms with van der Waals surface area (Å²) in [5, 5.41) is 3.55. The van der Waals surface area contributed by atoms with Gasteiger partial charge in [0.25, 0.3) is 5.91 Å². The zero-order valence-corrected chi connectivity index (χ0v) is 12.7. The summed E-state index contributed by atoms with van der Waals surface area (Å²) in [4.78, 5) is 16.9. The van der Waals surface area contributed by atoms with Gasteiger partial charge < -0.3 is 0 Å². The highest BCUT2D eigenvalue weighted by Crippen LogP contribution is 2.39. The zero-order chi connectivity index (χ0) is 15.7. The van der Waals surface area contributed by atoms with Crippen molar-refractivity contribution in [3.8, 4) is 12.3 Å². The van der Waals surface area contributed by atoms with Crippen LogP contribution in [-0.4, -0.2) is 17.4 Å². The van der Waals surface area contributed by atoms with Gasteiger partial charge in [0, 0.05) is 12.4 Å². The number of hydrogen-bond donors (Lipinski definition) is 0. The van der Waals surface area contributed by atoms with E-state index in [9.17, 15) is 4.79 Å². The monoisotopic (exact) mass is 291 g/mol. The van der Waals surface area contributed by atoms with Crippen molar-refractivity contribution >= 4 is 17.3 Å². The summed E-state index contributed by atoms with van der Waals surface area (Å²) in [6.07, 6.45) is 9.02. The highest BCUT2D eigenvalue weighted by molar-refractivity contribution is 6.06. The molecule has 0 saturated heterocycles. The molecule has 0 bridgehead atoms. The third-order valence-corrected chi connectivity index (χ3v) is 3.96. The summed E-state index contributed by atoms with van der Waals surface area (Å²) >= 11 is 0. The molecule has 22 heavy (non-hydrogen) atoms. The fraction of sp³-hybridized carbons (Fsp3) is 0.222. The van der Waals surface area contributed by atoms with Crippen molar-refractivity contribution in [3.05, 3.63) is 53.9 Å². The van der Waals surface area contributed by atoms with Crippen LogP contribution in [0.5, 0.6) is 0 Å². The predicted octanol–water partition coefficient (Wildman–Crippen LogP) is 2.89. The van der Waals surface area contributed by atoms with E-state index in [0.29, 0.717) is 6.54 Å². The molecule has 2 heterocycles. The second-order valence-electron chi connectivity index (χ2n) is 5.35. The Morgan fingerprint density at radius 2 is 2.14 bits per heavy atom. The van der Waals surface area contributed by atoms with Crippen molar-refractivity contribution in [3.63, 3.8) is 0 Å². The predicted molar refractivity (Wildman–Crippen MR) is 87.5 cm³/mol. The van der Waals surface area contributed by atoms with Gasteiger partial charge in [-0.2, -0.15) is 0 Å². The van der Waals surface area contributed by atoms with Crippen LogP contribution in [0.15, 0.2) is 42.7 Å². The standard InChI is InChI=1S/C18H17N3O/c1-4-11-20(16-9-10-19-12-13(16)2)21-17-8-6-5-7-15(17)14(3)18(21)22/h1,5-10,12,14H,11H2,2-3H3. The van der Waals surface area contributed by atoms with Crippen LogP contribution < -0.4 is 10.0 Å². The Labute approximate surface area is 130 Å². The van der Waals surface area contributed by atoms with E-state index in [0.717, 1.165) is 22.5 Å². The largest absolute Gasteiger partial charge is 0.272 e. The van der Waals surface area contributed by atoms with Gasteiger partial charge in [-0.3, -0.25) is 14.8 Å². The molecule has 1 amide bonds. The molecule has 4 heteroatoms. The van der Waals surface area contributed by atoms with Crippen LogP contribution in [0.2, 0.25) is 0 Å². The van der Waals surface area contributed by atoms with Crippen LogP contribution in [0.1, 0.15) is 24.0 Å². The van der Waals surface area contributed by atoms with E-state index in [1.54, 1.807) is 17.4 Å². The fourth-order valence-electron chi connectivity index (χ4n) is 2.84. The molecule has 0 saturated carbocycles. The summed E-state index contributed by atoms with van der Waals surface area (Å²) in [5.74, 6) is 2.52. The molecule has 1 unspecified atom stereocenters. The molecule has 4 nitrogen and oxygen atoms in total. The van der Waals surface area contributed by atoms with E-state index in [1.165, 1.54) is 0 Å². The number of aryl methyl sites for hydroxylation is 1. The number of fused-ring (bicyclic) bond motifs is 1. The second-order valence-corrected chi connectivity index (χ2v) is 5.35.